The third-order valence-corrected chi connectivity index (χ3v) is 5.24. The highest BCUT2D eigenvalue weighted by atomic mass is 127. The fourth-order valence-electron chi connectivity index (χ4n) is 3.79. The van der Waals surface area contributed by atoms with Crippen molar-refractivity contribution >= 4 is 35.6 Å². The molecule has 1 aliphatic heterocycles. The van der Waals surface area contributed by atoms with Gasteiger partial charge in [-0.2, -0.15) is 0 Å². The number of ether oxygens (including phenoxy) is 1. The van der Waals surface area contributed by atoms with Gasteiger partial charge in [0.15, 0.2) is 5.96 Å². The Bertz CT molecular complexity index is 825. The van der Waals surface area contributed by atoms with E-state index in [2.05, 4.69) is 77.9 Å². The summed E-state index contributed by atoms with van der Waals surface area (Å²) < 4.78 is 5.53. The second-order valence-electron chi connectivity index (χ2n) is 8.00. The van der Waals surface area contributed by atoms with E-state index in [9.17, 15) is 0 Å². The highest BCUT2D eigenvalue weighted by Crippen LogP contribution is 2.30. The van der Waals surface area contributed by atoms with Gasteiger partial charge in [0.05, 0.1) is 19.3 Å². The molecule has 1 fully saturated rings. The Morgan fingerprint density at radius 1 is 1.13 bits per heavy atom. The van der Waals surface area contributed by atoms with E-state index >= 15 is 0 Å². The number of hydrogen-bond donors (Lipinski definition) is 2. The molecule has 0 amide bonds. The van der Waals surface area contributed by atoms with E-state index in [0.717, 1.165) is 50.0 Å². The number of guanidine groups is 1. The monoisotopic (exact) mass is 537 g/mol. The van der Waals surface area contributed by atoms with E-state index in [1.54, 1.807) is 7.11 Å². The van der Waals surface area contributed by atoms with Crippen LogP contribution in [0, 0.1) is 0 Å². The molecule has 0 spiro atoms. The molecule has 2 aromatic carbocycles. The number of anilines is 1. The largest absolute Gasteiger partial charge is 0.495 e. The van der Waals surface area contributed by atoms with Crippen LogP contribution >= 0.6 is 24.0 Å². The number of para-hydroxylation sites is 2. The van der Waals surface area contributed by atoms with Crippen molar-refractivity contribution in [3.8, 4) is 5.75 Å². The van der Waals surface area contributed by atoms with Crippen LogP contribution in [0.3, 0.4) is 0 Å². The van der Waals surface area contributed by atoms with Crippen LogP contribution in [0.1, 0.15) is 24.5 Å². The molecule has 7 heteroatoms. The molecule has 1 atom stereocenters. The number of halogens is 1. The normalized spacial score (nSPS) is 16.2. The average Bonchev–Trinajstić information content (AvgIpc) is 3.21. The fourth-order valence-corrected chi connectivity index (χ4v) is 3.79. The zero-order valence-electron chi connectivity index (χ0n) is 19.1. The molecule has 3 rings (SSSR count). The van der Waals surface area contributed by atoms with Crippen LogP contribution in [0.4, 0.5) is 5.69 Å². The first kappa shape index (κ1) is 25.3. The lowest BCUT2D eigenvalue weighted by molar-refractivity contribution is 0.402. The van der Waals surface area contributed by atoms with Crippen LogP contribution in [-0.4, -0.2) is 57.7 Å². The molecule has 6 nitrogen and oxygen atoms in total. The molecule has 1 heterocycles. The lowest BCUT2D eigenvalue weighted by atomic mass is 10.1. The third kappa shape index (κ3) is 7.57. The van der Waals surface area contributed by atoms with Gasteiger partial charge in [-0.05, 0) is 50.7 Å². The maximum atomic E-state index is 5.53. The lowest BCUT2D eigenvalue weighted by Crippen LogP contribution is -2.44. The zero-order valence-corrected chi connectivity index (χ0v) is 21.4. The summed E-state index contributed by atoms with van der Waals surface area (Å²) in [4.78, 5) is 9.37. The summed E-state index contributed by atoms with van der Waals surface area (Å²) in [6.45, 7) is 6.51. The van der Waals surface area contributed by atoms with Crippen molar-refractivity contribution in [3.63, 3.8) is 0 Å². The molecule has 1 saturated heterocycles. The van der Waals surface area contributed by atoms with Gasteiger partial charge < -0.3 is 25.2 Å². The Kier molecular flexibility index (Phi) is 10.4. The van der Waals surface area contributed by atoms with E-state index in [1.165, 1.54) is 11.1 Å². The third-order valence-electron chi connectivity index (χ3n) is 5.24. The van der Waals surface area contributed by atoms with Gasteiger partial charge in [0.1, 0.15) is 5.75 Å². The Hall–Kier alpha value is -2.00. The molecule has 31 heavy (non-hydrogen) atoms. The van der Waals surface area contributed by atoms with Gasteiger partial charge in [0, 0.05) is 32.2 Å². The quantitative estimate of drug-likeness (QED) is 0.306. The molecule has 2 aromatic rings. The standard InChI is InChI=1S/C24H35N5O.HI/c1-5-25-24(26-16-19-10-12-20(13-11-19)17-28(2)3)27-21-14-15-29(18-21)22-8-6-7-9-23(22)30-4;/h6-13,21H,5,14-18H2,1-4H3,(H2,25,26,27);1H. The SMILES string of the molecule is CCNC(=NCc1ccc(CN(C)C)cc1)NC1CCN(c2ccccc2OC)C1.I. The van der Waals surface area contributed by atoms with Crippen molar-refractivity contribution in [2.24, 2.45) is 4.99 Å². The van der Waals surface area contributed by atoms with E-state index in [4.69, 9.17) is 9.73 Å². The molecular weight excluding hydrogens is 501 g/mol. The molecule has 1 unspecified atom stereocenters. The molecule has 1 aliphatic rings. The van der Waals surface area contributed by atoms with Gasteiger partial charge in [-0.3, -0.25) is 0 Å². The minimum Gasteiger partial charge on any atom is -0.495 e. The Labute approximate surface area is 204 Å². The average molecular weight is 537 g/mol. The predicted octanol–water partition coefficient (Wildman–Crippen LogP) is 3.71. The van der Waals surface area contributed by atoms with Crippen molar-refractivity contribution in [2.75, 3.05) is 45.7 Å². The summed E-state index contributed by atoms with van der Waals surface area (Å²) in [6, 6.07) is 17.3. The number of methoxy groups -OCH3 is 1. The van der Waals surface area contributed by atoms with Crippen LogP contribution in [-0.2, 0) is 13.1 Å². The van der Waals surface area contributed by atoms with Crippen molar-refractivity contribution in [2.45, 2.75) is 32.5 Å². The number of nitrogens with one attached hydrogen (secondary N) is 2. The number of benzene rings is 2. The van der Waals surface area contributed by atoms with E-state index in [0.29, 0.717) is 12.6 Å². The van der Waals surface area contributed by atoms with Gasteiger partial charge in [0.2, 0.25) is 0 Å². The molecule has 0 radical (unpaired) electrons. The molecule has 0 bridgehead atoms. The van der Waals surface area contributed by atoms with E-state index in [1.807, 2.05) is 12.1 Å². The molecular formula is C24H36IN5O. The van der Waals surface area contributed by atoms with Crippen LogP contribution in [0.5, 0.6) is 5.75 Å². The van der Waals surface area contributed by atoms with Crippen molar-refractivity contribution in [1.29, 1.82) is 0 Å². The fraction of sp³-hybridized carbons (Fsp3) is 0.458. The van der Waals surface area contributed by atoms with Gasteiger partial charge in [-0.25, -0.2) is 4.99 Å². The van der Waals surface area contributed by atoms with Gasteiger partial charge in [-0.15, -0.1) is 24.0 Å². The van der Waals surface area contributed by atoms with E-state index < -0.39 is 0 Å². The van der Waals surface area contributed by atoms with Gasteiger partial charge >= 0.3 is 0 Å². The molecule has 170 valence electrons. The summed E-state index contributed by atoms with van der Waals surface area (Å²) in [7, 11) is 5.91. The lowest BCUT2D eigenvalue weighted by Gasteiger charge is -2.22. The van der Waals surface area contributed by atoms with Gasteiger partial charge in [0.25, 0.3) is 0 Å². The second-order valence-corrected chi connectivity index (χ2v) is 8.00. The maximum Gasteiger partial charge on any atom is 0.191 e. The molecule has 0 aliphatic carbocycles. The number of nitrogens with zero attached hydrogens (tertiary/aromatic N) is 3. The first-order valence-electron chi connectivity index (χ1n) is 10.7. The predicted molar refractivity (Wildman–Crippen MR) is 141 cm³/mol. The molecule has 2 N–H and O–H groups in total. The maximum absolute atomic E-state index is 5.53. The number of aliphatic imine (C=N–C) groups is 1. The Morgan fingerprint density at radius 2 is 1.84 bits per heavy atom. The summed E-state index contributed by atoms with van der Waals surface area (Å²) >= 11 is 0. The summed E-state index contributed by atoms with van der Waals surface area (Å²) in [5, 5.41) is 6.99. The molecule has 0 saturated carbocycles. The number of hydrogen-bond acceptors (Lipinski definition) is 4. The first-order valence-corrected chi connectivity index (χ1v) is 10.7. The summed E-state index contributed by atoms with van der Waals surface area (Å²) in [5.41, 5.74) is 3.70. The van der Waals surface area contributed by atoms with Crippen LogP contribution in [0.2, 0.25) is 0 Å². The number of rotatable bonds is 8. The Balaban J connectivity index is 0.00000341. The summed E-state index contributed by atoms with van der Waals surface area (Å²) in [5.74, 6) is 1.80. The van der Waals surface area contributed by atoms with Crippen LogP contribution in [0.25, 0.3) is 0 Å². The van der Waals surface area contributed by atoms with Gasteiger partial charge in [-0.1, -0.05) is 36.4 Å². The topological polar surface area (TPSA) is 52.1 Å². The minimum absolute atomic E-state index is 0. The Morgan fingerprint density at radius 3 is 2.52 bits per heavy atom. The summed E-state index contributed by atoms with van der Waals surface area (Å²) in [6.07, 6.45) is 1.07. The highest BCUT2D eigenvalue weighted by molar-refractivity contribution is 14.0. The first-order chi connectivity index (χ1) is 14.6. The highest BCUT2D eigenvalue weighted by Gasteiger charge is 2.25. The second kappa shape index (κ2) is 12.8. The zero-order chi connectivity index (χ0) is 21.3. The smallest absolute Gasteiger partial charge is 0.191 e. The van der Waals surface area contributed by atoms with Crippen molar-refractivity contribution < 1.29 is 4.74 Å². The minimum atomic E-state index is 0. The van der Waals surface area contributed by atoms with Crippen LogP contribution < -0.4 is 20.3 Å². The van der Waals surface area contributed by atoms with Crippen LogP contribution in [0.15, 0.2) is 53.5 Å². The van der Waals surface area contributed by atoms with Crippen molar-refractivity contribution in [3.05, 3.63) is 59.7 Å². The van der Waals surface area contributed by atoms with Crippen molar-refractivity contribution in [1.82, 2.24) is 15.5 Å². The molecule has 0 aromatic heterocycles. The van der Waals surface area contributed by atoms with E-state index in [-0.39, 0.29) is 24.0 Å².